The average molecular weight is 677 g/mol. The maximum atomic E-state index is 12.7. The lowest BCUT2D eigenvalue weighted by molar-refractivity contribution is -0.187. The molecular weight excluding hydrogens is 640 g/mol. The van der Waals surface area contributed by atoms with Gasteiger partial charge in [0.05, 0.1) is 25.5 Å². The average Bonchev–Trinajstić information content (AvgIpc) is 3.45. The Labute approximate surface area is 281 Å². The minimum Gasteiger partial charge on any atom is -0.477 e. The van der Waals surface area contributed by atoms with Crippen molar-refractivity contribution in [2.75, 3.05) is 7.11 Å². The van der Waals surface area contributed by atoms with Gasteiger partial charge >= 0.3 is 23.9 Å². The molecule has 0 spiro atoms. The van der Waals surface area contributed by atoms with Gasteiger partial charge in [-0.1, -0.05) is 53.7 Å². The van der Waals surface area contributed by atoms with Gasteiger partial charge in [-0.25, -0.2) is 9.48 Å². The third kappa shape index (κ3) is 7.62. The predicted octanol–water partition coefficient (Wildman–Crippen LogP) is 1.96. The third-order valence-electron chi connectivity index (χ3n) is 8.00. The van der Waals surface area contributed by atoms with E-state index in [9.17, 15) is 29.1 Å². The highest BCUT2D eigenvalue weighted by Gasteiger charge is 2.49. The lowest BCUT2D eigenvalue weighted by atomic mass is 9.87. The van der Waals surface area contributed by atoms with Crippen LogP contribution in [-0.2, 0) is 60.6 Å². The first-order valence-corrected chi connectivity index (χ1v) is 15.4. The van der Waals surface area contributed by atoms with Crippen LogP contribution in [0.25, 0.3) is 22.5 Å². The SMILES string of the molecule is COC(=O)C1=CC(OC(C)=O)[C@@H](NC(C)=O)C([C@H](OC(C)=O)[C@@H](Cn2nnc3c2-c2ccccc2CC(O)c2ccccc2-3)OC(C)=O)O1. The maximum Gasteiger partial charge on any atom is 0.373 e. The van der Waals surface area contributed by atoms with E-state index >= 15 is 0 Å². The number of fused-ring (bicyclic) bond motifs is 5. The van der Waals surface area contributed by atoms with E-state index in [0.717, 1.165) is 33.4 Å². The van der Waals surface area contributed by atoms with Gasteiger partial charge in [0.25, 0.3) is 0 Å². The Morgan fingerprint density at radius 2 is 1.63 bits per heavy atom. The number of rotatable bonds is 9. The number of aliphatic hydroxyl groups excluding tert-OH is 1. The van der Waals surface area contributed by atoms with Crippen LogP contribution in [0.2, 0.25) is 0 Å². The monoisotopic (exact) mass is 676 g/mol. The van der Waals surface area contributed by atoms with Crippen molar-refractivity contribution in [3.05, 3.63) is 71.5 Å². The molecule has 49 heavy (non-hydrogen) atoms. The van der Waals surface area contributed by atoms with Gasteiger partial charge in [-0.3, -0.25) is 19.2 Å². The Morgan fingerprint density at radius 1 is 0.959 bits per heavy atom. The van der Waals surface area contributed by atoms with Crippen LogP contribution in [0.5, 0.6) is 0 Å². The minimum absolute atomic E-state index is 0.263. The van der Waals surface area contributed by atoms with Gasteiger partial charge in [0.15, 0.2) is 18.3 Å². The molecule has 2 aromatic carbocycles. The fourth-order valence-corrected chi connectivity index (χ4v) is 6.16. The smallest absolute Gasteiger partial charge is 0.373 e. The van der Waals surface area contributed by atoms with E-state index < -0.39 is 72.1 Å². The van der Waals surface area contributed by atoms with Crippen molar-refractivity contribution in [1.82, 2.24) is 20.3 Å². The molecule has 1 aliphatic heterocycles. The van der Waals surface area contributed by atoms with Crippen LogP contribution < -0.4 is 5.32 Å². The second kappa shape index (κ2) is 14.7. The summed E-state index contributed by atoms with van der Waals surface area (Å²) in [6.45, 7) is 4.37. The highest BCUT2D eigenvalue weighted by molar-refractivity contribution is 5.87. The standard InChI is InChI=1S/C34H36N4O11/c1-17(39)35-30-26(46-18(2)40)15-27(34(44)45-5)49-33(30)32(48-20(4)42)28(47-19(3)41)16-38-31-22-11-7-6-10-21(22)14-25(43)23-12-8-9-13-24(23)29(31)36-37-38/h6-13,15,25-26,28,30,32-33,43H,14,16H2,1-5H3,(H,35,39)/t25?,26?,28-,30-,32-,33?/m1/s1. The minimum atomic E-state index is -1.53. The van der Waals surface area contributed by atoms with Gasteiger partial charge in [-0.15, -0.1) is 5.10 Å². The number of carbonyl (C=O) groups is 5. The van der Waals surface area contributed by atoms with Crippen LogP contribution in [0.4, 0.5) is 0 Å². The first kappa shape index (κ1) is 34.8. The molecule has 0 fully saturated rings. The van der Waals surface area contributed by atoms with Crippen molar-refractivity contribution in [1.29, 1.82) is 0 Å². The number of methoxy groups -OCH3 is 1. The lowest BCUT2D eigenvalue weighted by Gasteiger charge is -2.41. The number of nitrogens with zero attached hydrogens (tertiary/aromatic N) is 3. The molecule has 5 rings (SSSR count). The summed E-state index contributed by atoms with van der Waals surface area (Å²) in [4.78, 5) is 62.5. The largest absolute Gasteiger partial charge is 0.477 e. The molecule has 6 atom stereocenters. The number of nitrogens with one attached hydrogen (secondary N) is 1. The van der Waals surface area contributed by atoms with E-state index in [-0.39, 0.29) is 13.0 Å². The number of aromatic nitrogens is 3. The Hall–Kier alpha value is -5.57. The molecule has 0 radical (unpaired) electrons. The fourth-order valence-electron chi connectivity index (χ4n) is 6.16. The summed E-state index contributed by atoms with van der Waals surface area (Å²) in [7, 11) is 1.11. The predicted molar refractivity (Wildman–Crippen MR) is 169 cm³/mol. The summed E-state index contributed by atoms with van der Waals surface area (Å²) in [5.41, 5.74) is 3.77. The zero-order valence-corrected chi connectivity index (χ0v) is 27.4. The van der Waals surface area contributed by atoms with Crippen LogP contribution in [0, 0.1) is 0 Å². The van der Waals surface area contributed by atoms with E-state index in [1.165, 1.54) is 17.7 Å². The van der Waals surface area contributed by atoms with Crippen LogP contribution in [-0.4, -0.2) is 87.5 Å². The molecule has 258 valence electrons. The molecule has 1 aliphatic carbocycles. The van der Waals surface area contributed by atoms with Crippen molar-refractivity contribution < 1.29 is 52.8 Å². The molecule has 15 nitrogen and oxygen atoms in total. The van der Waals surface area contributed by atoms with Gasteiger partial charge in [-0.2, -0.15) is 0 Å². The quantitative estimate of drug-likeness (QED) is 0.247. The van der Waals surface area contributed by atoms with Crippen LogP contribution in [0.3, 0.4) is 0 Å². The molecule has 1 amide bonds. The second-order valence-corrected chi connectivity index (χ2v) is 11.6. The number of hydrogen-bond acceptors (Lipinski definition) is 13. The molecule has 0 saturated carbocycles. The molecular formula is C34H36N4O11. The zero-order valence-electron chi connectivity index (χ0n) is 27.4. The zero-order chi connectivity index (χ0) is 35.4. The number of ether oxygens (including phenoxy) is 5. The van der Waals surface area contributed by atoms with Gasteiger partial charge in [0, 0.05) is 51.3 Å². The third-order valence-corrected chi connectivity index (χ3v) is 8.00. The molecule has 15 heteroatoms. The maximum absolute atomic E-state index is 12.7. The van der Waals surface area contributed by atoms with E-state index in [1.54, 1.807) is 0 Å². The van der Waals surface area contributed by atoms with Crippen molar-refractivity contribution in [3.8, 4) is 22.5 Å². The van der Waals surface area contributed by atoms with Crippen molar-refractivity contribution in [2.45, 2.75) is 77.2 Å². The summed E-state index contributed by atoms with van der Waals surface area (Å²) in [6.07, 6.45) is -5.02. The summed E-state index contributed by atoms with van der Waals surface area (Å²) in [5.74, 6) is -4.21. The molecule has 3 unspecified atom stereocenters. The molecule has 2 N–H and O–H groups in total. The normalized spacial score (nSPS) is 20.6. The Morgan fingerprint density at radius 3 is 2.29 bits per heavy atom. The molecule has 0 saturated heterocycles. The summed E-state index contributed by atoms with van der Waals surface area (Å²) in [5, 5.41) is 22.7. The number of benzene rings is 2. The molecule has 1 aromatic heterocycles. The molecule has 2 aliphatic rings. The summed E-state index contributed by atoms with van der Waals surface area (Å²) >= 11 is 0. The first-order chi connectivity index (χ1) is 23.4. The number of amides is 1. The lowest BCUT2D eigenvalue weighted by Crippen LogP contribution is -2.62. The van der Waals surface area contributed by atoms with Crippen molar-refractivity contribution in [2.24, 2.45) is 0 Å². The highest BCUT2D eigenvalue weighted by atomic mass is 16.6. The summed E-state index contributed by atoms with van der Waals surface area (Å²) < 4.78 is 29.3. The summed E-state index contributed by atoms with van der Waals surface area (Å²) in [6, 6.07) is 13.4. The van der Waals surface area contributed by atoms with Crippen LogP contribution in [0.15, 0.2) is 60.4 Å². The number of esters is 4. The Balaban J connectivity index is 1.66. The van der Waals surface area contributed by atoms with Crippen molar-refractivity contribution in [3.63, 3.8) is 0 Å². The number of carbonyl (C=O) groups excluding carboxylic acids is 5. The van der Waals surface area contributed by atoms with E-state index in [0.29, 0.717) is 28.1 Å². The first-order valence-electron chi connectivity index (χ1n) is 15.4. The van der Waals surface area contributed by atoms with Crippen LogP contribution >= 0.6 is 0 Å². The van der Waals surface area contributed by atoms with E-state index in [1.807, 2.05) is 48.5 Å². The number of hydrogen-bond donors (Lipinski definition) is 2. The van der Waals surface area contributed by atoms with E-state index in [2.05, 4.69) is 15.6 Å². The Kier molecular flexibility index (Phi) is 10.4. The van der Waals surface area contributed by atoms with Crippen LogP contribution in [0.1, 0.15) is 44.9 Å². The molecule has 0 bridgehead atoms. The van der Waals surface area contributed by atoms with E-state index in [4.69, 9.17) is 23.7 Å². The second-order valence-electron chi connectivity index (χ2n) is 11.6. The topological polar surface area (TPSA) is 194 Å². The van der Waals surface area contributed by atoms with Gasteiger partial charge in [0.2, 0.25) is 11.7 Å². The van der Waals surface area contributed by atoms with Gasteiger partial charge < -0.3 is 34.1 Å². The fraction of sp³-hybridized carbons (Fsp3) is 0.382. The van der Waals surface area contributed by atoms with Gasteiger partial charge in [-0.05, 0) is 11.1 Å². The molecule has 3 aromatic rings. The Bertz CT molecular complexity index is 1800. The molecule has 2 heterocycles. The highest BCUT2D eigenvalue weighted by Crippen LogP contribution is 2.40. The van der Waals surface area contributed by atoms with Crippen molar-refractivity contribution >= 4 is 29.8 Å². The number of aliphatic hydroxyl groups is 1. The van der Waals surface area contributed by atoms with Gasteiger partial charge in [0.1, 0.15) is 17.8 Å².